The van der Waals surface area contributed by atoms with E-state index in [2.05, 4.69) is 0 Å². The molecular formula is C21H20F4N2O2. The van der Waals surface area contributed by atoms with Gasteiger partial charge in [0.05, 0.1) is 18.3 Å². The number of hydrogen-bond donors (Lipinski definition) is 0. The van der Waals surface area contributed by atoms with Crippen molar-refractivity contribution in [3.63, 3.8) is 0 Å². The molecule has 1 amide bonds. The lowest BCUT2D eigenvalue weighted by atomic mass is 10.0. The van der Waals surface area contributed by atoms with Gasteiger partial charge in [-0.3, -0.25) is 9.69 Å². The standard InChI is InChI=1S/C21H20F4N2O2/c1-26-11-15-8-14(2-3-18(15)20(26)28)19-12-27(4-5-29-19)10-13-6-16(21(23,24)25)9-17(22)7-13/h2-3,6-9,19H,4-5,10-12H2,1H3/t19-/m0/s1. The highest BCUT2D eigenvalue weighted by Gasteiger charge is 2.32. The number of morpholine rings is 1. The Hall–Kier alpha value is -2.45. The Bertz CT molecular complexity index is 945. The predicted octanol–water partition coefficient (Wildman–Crippen LogP) is 4.00. The average molecular weight is 408 g/mol. The van der Waals surface area contributed by atoms with E-state index in [9.17, 15) is 22.4 Å². The second-order valence-electron chi connectivity index (χ2n) is 7.52. The van der Waals surface area contributed by atoms with Gasteiger partial charge in [0.1, 0.15) is 5.82 Å². The van der Waals surface area contributed by atoms with Crippen molar-refractivity contribution in [2.24, 2.45) is 0 Å². The number of rotatable bonds is 3. The van der Waals surface area contributed by atoms with Crippen molar-refractivity contribution >= 4 is 5.91 Å². The van der Waals surface area contributed by atoms with E-state index in [-0.39, 0.29) is 24.1 Å². The van der Waals surface area contributed by atoms with E-state index in [1.165, 1.54) is 0 Å². The van der Waals surface area contributed by atoms with Crippen molar-refractivity contribution in [1.82, 2.24) is 9.80 Å². The van der Waals surface area contributed by atoms with Gasteiger partial charge in [-0.05, 0) is 41.0 Å². The summed E-state index contributed by atoms with van der Waals surface area (Å²) in [4.78, 5) is 15.6. The Morgan fingerprint density at radius 1 is 1.17 bits per heavy atom. The van der Waals surface area contributed by atoms with Crippen molar-refractivity contribution < 1.29 is 27.1 Å². The van der Waals surface area contributed by atoms with Gasteiger partial charge in [0.2, 0.25) is 0 Å². The van der Waals surface area contributed by atoms with Gasteiger partial charge in [0, 0.05) is 38.8 Å². The lowest BCUT2D eigenvalue weighted by Crippen LogP contribution is -2.37. The predicted molar refractivity (Wildman–Crippen MR) is 97.6 cm³/mol. The second kappa shape index (κ2) is 7.42. The normalized spacial score (nSPS) is 20.2. The summed E-state index contributed by atoms with van der Waals surface area (Å²) in [5, 5.41) is 0. The minimum atomic E-state index is -4.58. The summed E-state index contributed by atoms with van der Waals surface area (Å²) in [6.45, 7) is 2.18. The fourth-order valence-corrected chi connectivity index (χ4v) is 3.90. The fraction of sp³-hybridized carbons (Fsp3) is 0.381. The van der Waals surface area contributed by atoms with Crippen molar-refractivity contribution in [3.8, 4) is 0 Å². The van der Waals surface area contributed by atoms with Gasteiger partial charge in [-0.25, -0.2) is 4.39 Å². The number of carbonyl (C=O) groups excluding carboxylic acids is 1. The first kappa shape index (κ1) is 19.8. The Kier molecular flexibility index (Phi) is 5.08. The van der Waals surface area contributed by atoms with Crippen LogP contribution in [0.1, 0.15) is 38.7 Å². The zero-order valence-electron chi connectivity index (χ0n) is 15.8. The number of benzene rings is 2. The minimum Gasteiger partial charge on any atom is -0.371 e. The van der Waals surface area contributed by atoms with Crippen LogP contribution in [0.2, 0.25) is 0 Å². The van der Waals surface area contributed by atoms with E-state index in [1.807, 2.05) is 17.0 Å². The zero-order valence-corrected chi connectivity index (χ0v) is 15.8. The third-order valence-corrected chi connectivity index (χ3v) is 5.33. The van der Waals surface area contributed by atoms with Crippen LogP contribution in [0.25, 0.3) is 0 Å². The molecule has 2 aromatic carbocycles. The third-order valence-electron chi connectivity index (χ3n) is 5.33. The molecule has 0 unspecified atom stereocenters. The monoisotopic (exact) mass is 408 g/mol. The molecule has 4 rings (SSSR count). The second-order valence-corrected chi connectivity index (χ2v) is 7.52. The lowest BCUT2D eigenvalue weighted by molar-refractivity contribution is -0.137. The summed E-state index contributed by atoms with van der Waals surface area (Å²) in [6.07, 6.45) is -4.84. The van der Waals surface area contributed by atoms with Crippen LogP contribution in [0.4, 0.5) is 17.6 Å². The molecule has 0 radical (unpaired) electrons. The lowest BCUT2D eigenvalue weighted by Gasteiger charge is -2.33. The summed E-state index contributed by atoms with van der Waals surface area (Å²) >= 11 is 0. The summed E-state index contributed by atoms with van der Waals surface area (Å²) in [7, 11) is 1.75. The number of nitrogens with zero attached hydrogens (tertiary/aromatic N) is 2. The minimum absolute atomic E-state index is 0.00990. The highest BCUT2D eigenvalue weighted by atomic mass is 19.4. The van der Waals surface area contributed by atoms with Gasteiger partial charge in [0.25, 0.3) is 5.91 Å². The molecule has 0 N–H and O–H groups in total. The molecule has 2 aliphatic heterocycles. The number of fused-ring (bicyclic) bond motifs is 1. The fourth-order valence-electron chi connectivity index (χ4n) is 3.90. The Morgan fingerprint density at radius 3 is 2.72 bits per heavy atom. The van der Waals surface area contributed by atoms with Crippen LogP contribution < -0.4 is 0 Å². The molecule has 2 aliphatic rings. The Balaban J connectivity index is 1.49. The maximum absolute atomic E-state index is 13.7. The van der Waals surface area contributed by atoms with E-state index in [4.69, 9.17) is 4.74 Å². The molecule has 2 heterocycles. The molecule has 1 fully saturated rings. The number of carbonyl (C=O) groups is 1. The number of halogens is 4. The van der Waals surface area contributed by atoms with Crippen LogP contribution in [0.15, 0.2) is 36.4 Å². The van der Waals surface area contributed by atoms with Gasteiger partial charge >= 0.3 is 6.18 Å². The van der Waals surface area contributed by atoms with Crippen LogP contribution in [0, 0.1) is 5.82 Å². The van der Waals surface area contributed by atoms with Crippen LogP contribution in [-0.2, 0) is 24.0 Å². The molecular weight excluding hydrogens is 388 g/mol. The Morgan fingerprint density at radius 2 is 1.97 bits per heavy atom. The summed E-state index contributed by atoms with van der Waals surface area (Å²) in [5.74, 6) is -0.906. The van der Waals surface area contributed by atoms with Gasteiger partial charge in [0.15, 0.2) is 0 Å². The van der Waals surface area contributed by atoms with Crippen molar-refractivity contribution in [2.45, 2.75) is 25.4 Å². The van der Waals surface area contributed by atoms with Crippen molar-refractivity contribution in [2.75, 3.05) is 26.7 Å². The van der Waals surface area contributed by atoms with E-state index in [0.29, 0.717) is 37.9 Å². The van der Waals surface area contributed by atoms with E-state index in [0.717, 1.165) is 23.3 Å². The highest BCUT2D eigenvalue weighted by Crippen LogP contribution is 2.32. The van der Waals surface area contributed by atoms with Gasteiger partial charge in [-0.1, -0.05) is 12.1 Å². The largest absolute Gasteiger partial charge is 0.416 e. The summed E-state index contributed by atoms with van der Waals surface area (Å²) in [6, 6.07) is 8.24. The Labute approximate surface area is 165 Å². The van der Waals surface area contributed by atoms with E-state index < -0.39 is 17.6 Å². The number of amides is 1. The van der Waals surface area contributed by atoms with Crippen molar-refractivity contribution in [3.05, 3.63) is 70.0 Å². The maximum Gasteiger partial charge on any atom is 0.416 e. The molecule has 1 saturated heterocycles. The van der Waals surface area contributed by atoms with Gasteiger partial charge < -0.3 is 9.64 Å². The molecule has 8 heteroatoms. The smallest absolute Gasteiger partial charge is 0.371 e. The highest BCUT2D eigenvalue weighted by molar-refractivity contribution is 5.98. The summed E-state index contributed by atoms with van der Waals surface area (Å²) in [5.41, 5.74) is 1.84. The average Bonchev–Trinajstić information content (AvgIpc) is 2.94. The molecule has 0 spiro atoms. The molecule has 154 valence electrons. The molecule has 0 aliphatic carbocycles. The summed E-state index contributed by atoms with van der Waals surface area (Å²) < 4.78 is 58.4. The molecule has 29 heavy (non-hydrogen) atoms. The van der Waals surface area contributed by atoms with E-state index in [1.54, 1.807) is 18.0 Å². The van der Waals surface area contributed by atoms with Crippen LogP contribution >= 0.6 is 0 Å². The first-order valence-corrected chi connectivity index (χ1v) is 9.29. The molecule has 0 aromatic heterocycles. The molecule has 1 atom stereocenters. The van der Waals surface area contributed by atoms with Crippen molar-refractivity contribution in [1.29, 1.82) is 0 Å². The molecule has 4 nitrogen and oxygen atoms in total. The van der Waals surface area contributed by atoms with Crippen LogP contribution in [0.5, 0.6) is 0 Å². The van der Waals surface area contributed by atoms with Crippen LogP contribution in [0.3, 0.4) is 0 Å². The third kappa shape index (κ3) is 4.13. The zero-order chi connectivity index (χ0) is 20.8. The quantitative estimate of drug-likeness (QED) is 0.720. The van der Waals surface area contributed by atoms with Gasteiger partial charge in [-0.15, -0.1) is 0 Å². The number of hydrogen-bond acceptors (Lipinski definition) is 3. The van der Waals surface area contributed by atoms with Gasteiger partial charge in [-0.2, -0.15) is 13.2 Å². The molecule has 2 aromatic rings. The topological polar surface area (TPSA) is 32.8 Å². The number of ether oxygens (including phenoxy) is 1. The maximum atomic E-state index is 13.7. The first-order chi connectivity index (χ1) is 13.7. The SMILES string of the molecule is CN1Cc2cc([C@@H]3CN(Cc4cc(F)cc(C(F)(F)F)c4)CCO3)ccc2C1=O. The molecule has 0 bridgehead atoms. The van der Waals surface area contributed by atoms with E-state index >= 15 is 0 Å². The molecule has 0 saturated carbocycles. The number of alkyl halides is 3. The van der Waals surface area contributed by atoms with Crippen LogP contribution in [-0.4, -0.2) is 42.5 Å². The first-order valence-electron chi connectivity index (χ1n) is 9.29.